The second-order valence-corrected chi connectivity index (χ2v) is 7.15. The van der Waals surface area contributed by atoms with E-state index in [1.165, 1.54) is 27.5 Å². The van der Waals surface area contributed by atoms with Gasteiger partial charge in [0.2, 0.25) is 0 Å². The van der Waals surface area contributed by atoms with Crippen LogP contribution in [0.25, 0.3) is 10.8 Å². The van der Waals surface area contributed by atoms with Gasteiger partial charge in [-0.25, -0.2) is 0 Å². The molecule has 0 amide bonds. The van der Waals surface area contributed by atoms with Crippen LogP contribution < -0.4 is 0 Å². The van der Waals surface area contributed by atoms with Crippen LogP contribution in [0.15, 0.2) is 140 Å². The molecule has 0 aliphatic rings. The normalized spacial score (nSPS) is 6.84. The molecule has 0 aliphatic heterocycles. The van der Waals surface area contributed by atoms with Crippen molar-refractivity contribution in [3.8, 4) is 0 Å². The number of aryl methyl sites for hydroxylation is 1. The Labute approximate surface area is 325 Å². The van der Waals surface area contributed by atoms with Gasteiger partial charge in [-0.1, -0.05) is 291 Å². The minimum atomic E-state index is 0. The van der Waals surface area contributed by atoms with Crippen molar-refractivity contribution in [3.63, 3.8) is 0 Å². The summed E-state index contributed by atoms with van der Waals surface area (Å²) in [6, 6.07) is 48.0. The maximum atomic E-state index is 2.16. The standard InChI is InChI=1S/C13H12.C10H8.C7H8.10C2H6.CH4/c1-3-7-12(8-4-1)11-13-9-5-2-6-10-13;1-2-6-10-8-4-3-7-9(10)5-1;1-7-5-3-2-4-6-7;10*1-2;/h1-10H,11H2;1-8H;2-6H,1H3;10*1-2H3;1H4. The SMILES string of the molecule is C.CC.CC.CC.CC.CC.CC.CC.CC.CC.CC.Cc1ccccc1.c1ccc(Cc2ccccc2)cc1.c1ccc2ccccc2c1. The Morgan fingerprint density at radius 1 is 0.255 bits per heavy atom. The Balaban J connectivity index is -0.0000000600. The van der Waals surface area contributed by atoms with Gasteiger partial charge in [0.25, 0.3) is 0 Å². The van der Waals surface area contributed by atoms with Crippen LogP contribution in [0.1, 0.15) is 163 Å². The van der Waals surface area contributed by atoms with E-state index < -0.39 is 0 Å². The van der Waals surface area contributed by atoms with Crippen molar-refractivity contribution >= 4 is 10.8 Å². The molecule has 0 saturated heterocycles. The molecule has 0 aliphatic carbocycles. The third kappa shape index (κ3) is 50.8. The molecule has 0 heterocycles. The zero-order valence-electron chi connectivity index (χ0n) is 37.5. The van der Waals surface area contributed by atoms with E-state index in [0.717, 1.165) is 6.42 Å². The van der Waals surface area contributed by atoms with Gasteiger partial charge in [0, 0.05) is 0 Å². The van der Waals surface area contributed by atoms with Crippen molar-refractivity contribution in [2.45, 2.75) is 159 Å². The molecule has 5 aromatic carbocycles. The number of hydrogen-bond donors (Lipinski definition) is 0. The van der Waals surface area contributed by atoms with Gasteiger partial charge in [-0.15, -0.1) is 0 Å². The first-order valence-electron chi connectivity index (χ1n) is 20.3. The van der Waals surface area contributed by atoms with E-state index >= 15 is 0 Å². The molecule has 0 nitrogen and oxygen atoms in total. The van der Waals surface area contributed by atoms with E-state index in [2.05, 4.69) is 128 Å². The fraction of sp³-hybridized carbons (Fsp3) is 0.451. The largest absolute Gasteiger partial charge is 0.0776 e. The topological polar surface area (TPSA) is 0 Å². The summed E-state index contributed by atoms with van der Waals surface area (Å²) in [5, 5.41) is 2.62. The van der Waals surface area contributed by atoms with Gasteiger partial charge in [0.1, 0.15) is 0 Å². The number of rotatable bonds is 2. The lowest BCUT2D eigenvalue weighted by Crippen LogP contribution is -1.85. The molecule has 0 aromatic heterocycles. The van der Waals surface area contributed by atoms with Crippen molar-refractivity contribution in [3.05, 3.63) is 156 Å². The van der Waals surface area contributed by atoms with Crippen LogP contribution in [0.5, 0.6) is 0 Å². The fourth-order valence-corrected chi connectivity index (χ4v) is 3.09. The average molecular weight is 705 g/mol. The van der Waals surface area contributed by atoms with Crippen LogP contribution in [0.3, 0.4) is 0 Å². The molecule has 0 N–H and O–H groups in total. The van der Waals surface area contributed by atoms with Gasteiger partial charge in [-0.05, 0) is 35.2 Å². The summed E-state index contributed by atoms with van der Waals surface area (Å²) in [5.74, 6) is 0. The van der Waals surface area contributed by atoms with Crippen LogP contribution in [0.4, 0.5) is 0 Å². The van der Waals surface area contributed by atoms with E-state index in [4.69, 9.17) is 0 Å². The van der Waals surface area contributed by atoms with Gasteiger partial charge in [0.05, 0.1) is 0 Å². The minimum Gasteiger partial charge on any atom is -0.0776 e. The molecule has 0 spiro atoms. The van der Waals surface area contributed by atoms with E-state index in [1.54, 1.807) is 0 Å². The highest BCUT2D eigenvalue weighted by molar-refractivity contribution is 5.82. The Morgan fingerprint density at radius 2 is 0.431 bits per heavy atom. The first-order chi connectivity index (χ1) is 24.8. The number of benzene rings is 5. The zero-order chi connectivity index (χ0) is 40.9. The zero-order valence-corrected chi connectivity index (χ0v) is 37.5. The molecule has 0 unspecified atom stereocenters. The highest BCUT2D eigenvalue weighted by Crippen LogP contribution is 2.11. The lowest BCUT2D eigenvalue weighted by Gasteiger charge is -2.00. The van der Waals surface area contributed by atoms with E-state index in [-0.39, 0.29) is 7.43 Å². The quantitative estimate of drug-likeness (QED) is 0.172. The number of fused-ring (bicyclic) bond motifs is 1. The molecule has 5 aromatic rings. The third-order valence-corrected chi connectivity index (χ3v) is 4.69. The Morgan fingerprint density at radius 3 is 0.608 bits per heavy atom. The van der Waals surface area contributed by atoms with Gasteiger partial charge in [-0.2, -0.15) is 0 Å². The van der Waals surface area contributed by atoms with Crippen molar-refractivity contribution in [1.29, 1.82) is 0 Å². The maximum Gasteiger partial charge on any atom is -0.00258 e. The summed E-state index contributed by atoms with van der Waals surface area (Å²) >= 11 is 0. The Hall–Kier alpha value is -3.64. The first kappa shape index (κ1) is 69.2. The minimum absolute atomic E-state index is 0. The molecule has 0 saturated carbocycles. The van der Waals surface area contributed by atoms with E-state index in [9.17, 15) is 0 Å². The summed E-state index contributed by atoms with van der Waals surface area (Å²) < 4.78 is 0. The number of hydrogen-bond acceptors (Lipinski definition) is 0. The second-order valence-electron chi connectivity index (χ2n) is 7.15. The molecule has 5 rings (SSSR count). The highest BCUT2D eigenvalue weighted by Gasteiger charge is 1.92. The van der Waals surface area contributed by atoms with Crippen molar-refractivity contribution < 1.29 is 0 Å². The Kier molecular flexibility index (Phi) is 103. The van der Waals surface area contributed by atoms with Crippen LogP contribution in [-0.4, -0.2) is 0 Å². The third-order valence-electron chi connectivity index (χ3n) is 4.69. The highest BCUT2D eigenvalue weighted by atomic mass is 14.0. The van der Waals surface area contributed by atoms with Crippen LogP contribution in [0, 0.1) is 6.92 Å². The van der Waals surface area contributed by atoms with Gasteiger partial charge in [-0.3, -0.25) is 0 Å². The molecule has 296 valence electrons. The molecule has 0 atom stereocenters. The average Bonchev–Trinajstić information content (AvgIpc) is 3.27. The molecule has 0 fully saturated rings. The maximum absolute atomic E-state index is 2.16. The van der Waals surface area contributed by atoms with Crippen LogP contribution in [-0.2, 0) is 6.42 Å². The molecule has 51 heavy (non-hydrogen) atoms. The second kappa shape index (κ2) is 76.3. The summed E-state index contributed by atoms with van der Waals surface area (Å²) in [4.78, 5) is 0. The lowest BCUT2D eigenvalue weighted by molar-refractivity contribution is 1.19. The van der Waals surface area contributed by atoms with Gasteiger partial charge in [0.15, 0.2) is 0 Å². The summed E-state index contributed by atoms with van der Waals surface area (Å²) in [6.45, 7) is 42.1. The fourth-order valence-electron chi connectivity index (χ4n) is 3.09. The van der Waals surface area contributed by atoms with Crippen molar-refractivity contribution in [2.75, 3.05) is 0 Å². The summed E-state index contributed by atoms with van der Waals surface area (Å²) in [5.41, 5.74) is 4.06. The van der Waals surface area contributed by atoms with Crippen LogP contribution >= 0.6 is 0 Å². The van der Waals surface area contributed by atoms with Gasteiger partial charge < -0.3 is 0 Å². The predicted molar refractivity (Wildman–Crippen MR) is 251 cm³/mol. The molecule has 0 heteroatoms. The predicted octanol–water partition coefficient (Wildman–Crippen LogP) is 19.0. The monoisotopic (exact) mass is 705 g/mol. The van der Waals surface area contributed by atoms with Crippen LogP contribution in [0.2, 0.25) is 0 Å². The van der Waals surface area contributed by atoms with Gasteiger partial charge >= 0.3 is 0 Å². The molecular weight excluding hydrogens is 613 g/mol. The lowest BCUT2D eigenvalue weighted by atomic mass is 10.1. The van der Waals surface area contributed by atoms with Crippen molar-refractivity contribution in [2.24, 2.45) is 0 Å². The van der Waals surface area contributed by atoms with E-state index in [1.807, 2.05) is 157 Å². The molecule has 0 bridgehead atoms. The van der Waals surface area contributed by atoms with Crippen molar-refractivity contribution in [1.82, 2.24) is 0 Å². The smallest absolute Gasteiger partial charge is 0.00258 e. The first-order valence-corrected chi connectivity index (χ1v) is 20.3. The molecular formula is C51H92. The summed E-state index contributed by atoms with van der Waals surface area (Å²) in [6.07, 6.45) is 1.03. The Bertz CT molecular complexity index is 995. The summed E-state index contributed by atoms with van der Waals surface area (Å²) in [7, 11) is 0. The van der Waals surface area contributed by atoms with E-state index in [0.29, 0.717) is 0 Å². The molecule has 0 radical (unpaired) electrons.